The summed E-state index contributed by atoms with van der Waals surface area (Å²) in [5, 5.41) is 0. The van der Waals surface area contributed by atoms with Crippen LogP contribution in [0.4, 0.5) is 13.2 Å². The molecular weight excluding hydrogens is 891 g/mol. The van der Waals surface area contributed by atoms with Crippen molar-refractivity contribution in [2.24, 2.45) is 0 Å². The van der Waals surface area contributed by atoms with Crippen LogP contribution in [0.15, 0.2) is 127 Å². The Morgan fingerprint density at radius 3 is 1.10 bits per heavy atom. The molecule has 10 heteroatoms. The second-order valence-electron chi connectivity index (χ2n) is 8.73. The van der Waals surface area contributed by atoms with E-state index in [2.05, 4.69) is 63.7 Å². The van der Waals surface area contributed by atoms with Gasteiger partial charge in [-0.1, -0.05) is 0 Å². The van der Waals surface area contributed by atoms with Crippen LogP contribution in [0.25, 0.3) is 0 Å². The van der Waals surface area contributed by atoms with Crippen molar-refractivity contribution in [2.75, 3.05) is 0 Å². The molecule has 0 saturated heterocycles. The zero-order chi connectivity index (χ0) is 28.5. The molecule has 0 unspecified atom stereocenters. The van der Waals surface area contributed by atoms with E-state index in [1.54, 1.807) is 54.6 Å². The first-order valence-electron chi connectivity index (χ1n) is 11.7. The maximum absolute atomic E-state index is 15.1. The van der Waals surface area contributed by atoms with Gasteiger partial charge in [0.15, 0.2) is 0 Å². The van der Waals surface area contributed by atoms with Crippen LogP contribution in [-0.2, 0) is 0 Å². The van der Waals surface area contributed by atoms with E-state index in [0.29, 0.717) is 31.0 Å². The van der Waals surface area contributed by atoms with E-state index in [-0.39, 0.29) is 0 Å². The molecular formula is C30H18Br4F3O2Sb. The minimum atomic E-state index is -6.23. The molecule has 0 atom stereocenters. The van der Waals surface area contributed by atoms with E-state index >= 15 is 13.2 Å². The molecule has 5 rings (SSSR count). The van der Waals surface area contributed by atoms with Crippen molar-refractivity contribution >= 4 is 92.5 Å². The molecule has 5 aromatic carbocycles. The van der Waals surface area contributed by atoms with E-state index in [1.807, 2.05) is 0 Å². The number of halogens is 7. The monoisotopic (exact) mass is 904 g/mol. The van der Waals surface area contributed by atoms with Crippen LogP contribution < -0.4 is 16.6 Å². The molecule has 40 heavy (non-hydrogen) atoms. The molecule has 0 spiro atoms. The zero-order valence-corrected chi connectivity index (χ0v) is 29.2. The summed E-state index contributed by atoms with van der Waals surface area (Å²) in [7, 11) is 0. The van der Waals surface area contributed by atoms with Crippen molar-refractivity contribution in [2.45, 2.75) is 0 Å². The van der Waals surface area contributed by atoms with Crippen molar-refractivity contribution in [3.8, 4) is 11.5 Å². The number of hydrogen-bond acceptors (Lipinski definition) is 2. The van der Waals surface area contributed by atoms with Crippen molar-refractivity contribution < 1.29 is 19.2 Å². The summed E-state index contributed by atoms with van der Waals surface area (Å²) in [6, 6.07) is 28.1. The van der Waals surface area contributed by atoms with Crippen molar-refractivity contribution in [3.63, 3.8) is 0 Å². The first-order valence-corrected chi connectivity index (χ1v) is 20.8. The quantitative estimate of drug-likeness (QED) is 0.152. The molecule has 0 aliphatic heterocycles. The van der Waals surface area contributed by atoms with E-state index in [9.17, 15) is 0 Å². The van der Waals surface area contributed by atoms with Crippen molar-refractivity contribution in [1.82, 2.24) is 0 Å². The van der Waals surface area contributed by atoms with Gasteiger partial charge in [0, 0.05) is 0 Å². The summed E-state index contributed by atoms with van der Waals surface area (Å²) in [6.07, 6.45) is 0. The van der Waals surface area contributed by atoms with Gasteiger partial charge in [-0.3, -0.25) is 0 Å². The van der Waals surface area contributed by atoms with Crippen LogP contribution in [-0.4, -0.2) is 18.2 Å². The van der Waals surface area contributed by atoms with E-state index in [4.69, 9.17) is 6.03 Å². The van der Waals surface area contributed by atoms with Crippen LogP contribution in [0.1, 0.15) is 0 Å². The molecule has 2 nitrogen and oxygen atoms in total. The number of rotatable bonds is 7. The van der Waals surface area contributed by atoms with Crippen molar-refractivity contribution in [1.29, 1.82) is 0 Å². The zero-order valence-electron chi connectivity index (χ0n) is 20.3. The van der Waals surface area contributed by atoms with Gasteiger partial charge in [-0.05, 0) is 0 Å². The van der Waals surface area contributed by atoms with Gasteiger partial charge in [-0.2, -0.15) is 0 Å². The Labute approximate surface area is 265 Å². The molecule has 5 aromatic rings. The first kappa shape index (κ1) is 29.7. The van der Waals surface area contributed by atoms with Crippen LogP contribution in [0.3, 0.4) is 0 Å². The summed E-state index contributed by atoms with van der Waals surface area (Å²) in [5.41, 5.74) is 0. The summed E-state index contributed by atoms with van der Waals surface area (Å²) >= 11 is 7.85. The molecule has 0 radical (unpaired) electrons. The Morgan fingerprint density at radius 2 is 0.800 bits per heavy atom. The molecule has 0 heterocycles. The van der Waals surface area contributed by atoms with Gasteiger partial charge in [-0.15, -0.1) is 0 Å². The predicted octanol–water partition coefficient (Wildman–Crippen LogP) is 8.73. The van der Waals surface area contributed by atoms with Crippen LogP contribution in [0.5, 0.6) is 11.5 Å². The summed E-state index contributed by atoms with van der Waals surface area (Å²) in [5.74, 6) is -0.978. The van der Waals surface area contributed by atoms with Gasteiger partial charge >= 0.3 is 268 Å². The Hall–Kier alpha value is -1.77. The first-order chi connectivity index (χ1) is 19.1. The Morgan fingerprint density at radius 1 is 0.450 bits per heavy atom. The minimum absolute atomic E-state index is 0.327. The Bertz CT molecular complexity index is 1560. The van der Waals surface area contributed by atoms with Gasteiger partial charge < -0.3 is 0 Å². The molecule has 0 amide bonds. The molecule has 0 bridgehead atoms. The fourth-order valence-corrected chi connectivity index (χ4v) is 21.1. The fraction of sp³-hybridized carbons (Fsp3) is 0. The number of benzene rings is 5. The SMILES string of the molecule is Fc1ccc[c]([Sb]([O]c2ccc(Br)cc2Br)([O]c2ccc(Br)cc2Br)([c]2cccc(F)c2)[c]2cccc(F)c2)c1. The fourth-order valence-electron chi connectivity index (χ4n) is 4.44. The molecule has 0 aliphatic rings. The van der Waals surface area contributed by atoms with E-state index < -0.39 is 35.7 Å². The van der Waals surface area contributed by atoms with Gasteiger partial charge in [0.2, 0.25) is 0 Å². The van der Waals surface area contributed by atoms with E-state index in [0.717, 1.165) is 8.95 Å². The molecule has 0 fully saturated rings. The summed E-state index contributed by atoms with van der Waals surface area (Å²) in [4.78, 5) is 0. The molecule has 0 aliphatic carbocycles. The number of hydrogen-bond donors (Lipinski definition) is 0. The predicted molar refractivity (Wildman–Crippen MR) is 169 cm³/mol. The van der Waals surface area contributed by atoms with Crippen LogP contribution in [0, 0.1) is 17.5 Å². The molecule has 0 N–H and O–H groups in total. The molecule has 204 valence electrons. The second-order valence-corrected chi connectivity index (χ2v) is 23.2. The third-order valence-electron chi connectivity index (χ3n) is 6.16. The van der Waals surface area contributed by atoms with Gasteiger partial charge in [-0.25, -0.2) is 0 Å². The standard InChI is InChI=1S/2C6H4Br2O.3C6H4F.Sb/c2*7-4-1-2-6(9)5(8)3-4;3*7-6-4-2-1-3-5-6;/h2*1-3,9H;3*1-2,4-5H;/q;;;;;+2/p-2. The van der Waals surface area contributed by atoms with Crippen LogP contribution in [0.2, 0.25) is 0 Å². The van der Waals surface area contributed by atoms with E-state index in [1.165, 1.54) is 54.6 Å². The van der Waals surface area contributed by atoms with Crippen LogP contribution >= 0.6 is 63.7 Å². The maximum atomic E-state index is 15.1. The Balaban J connectivity index is 2.03. The average molecular weight is 909 g/mol. The summed E-state index contributed by atoms with van der Waals surface area (Å²) < 4.78 is 63.4. The molecule has 0 saturated carbocycles. The van der Waals surface area contributed by atoms with Gasteiger partial charge in [0.25, 0.3) is 0 Å². The van der Waals surface area contributed by atoms with Crippen molar-refractivity contribution in [3.05, 3.63) is 145 Å². The van der Waals surface area contributed by atoms with Gasteiger partial charge in [0.1, 0.15) is 0 Å². The summed E-state index contributed by atoms with van der Waals surface area (Å²) in [6.45, 7) is 0. The third-order valence-corrected chi connectivity index (χ3v) is 21.9. The second kappa shape index (κ2) is 11.8. The average Bonchev–Trinajstić information content (AvgIpc) is 2.91. The molecule has 0 aromatic heterocycles. The van der Waals surface area contributed by atoms with Gasteiger partial charge in [0.05, 0.1) is 0 Å². The normalized spacial score (nSPS) is 12.4. The topological polar surface area (TPSA) is 18.5 Å². The third kappa shape index (κ3) is 5.52. The Kier molecular flexibility index (Phi) is 8.80.